The number of hydrogen-bond donors (Lipinski definition) is 0. The van der Waals surface area contributed by atoms with Gasteiger partial charge in [0.05, 0.1) is 0 Å². The van der Waals surface area contributed by atoms with Crippen LogP contribution in [-0.4, -0.2) is 42.4 Å². The Morgan fingerprint density at radius 2 is 1.71 bits per heavy atom. The Labute approximate surface area is 184 Å². The summed E-state index contributed by atoms with van der Waals surface area (Å²) in [6.07, 6.45) is 4.91. The van der Waals surface area contributed by atoms with Crippen LogP contribution in [0, 0.1) is 5.92 Å². The molecule has 5 heteroatoms. The zero-order valence-corrected chi connectivity index (χ0v) is 18.3. The first kappa shape index (κ1) is 20.3. The minimum absolute atomic E-state index is 0.0863. The second kappa shape index (κ2) is 8.46. The summed E-state index contributed by atoms with van der Waals surface area (Å²) >= 11 is 0. The fraction of sp³-hybridized carbons (Fsp3) is 0.462. The number of likely N-dealkylation sites (tertiary alicyclic amines) is 1. The van der Waals surface area contributed by atoms with Crippen LogP contribution in [0.4, 0.5) is 11.4 Å². The average Bonchev–Trinajstić information content (AvgIpc) is 3.55. The summed E-state index contributed by atoms with van der Waals surface area (Å²) < 4.78 is 0. The number of amides is 2. The second-order valence-electron chi connectivity index (χ2n) is 9.21. The number of benzene rings is 2. The van der Waals surface area contributed by atoms with E-state index in [0.29, 0.717) is 5.91 Å². The monoisotopic (exact) mass is 417 g/mol. The van der Waals surface area contributed by atoms with Crippen LogP contribution >= 0.6 is 0 Å². The molecule has 1 saturated heterocycles. The van der Waals surface area contributed by atoms with Gasteiger partial charge in [-0.25, -0.2) is 0 Å². The van der Waals surface area contributed by atoms with E-state index >= 15 is 0 Å². The maximum atomic E-state index is 13.3. The van der Waals surface area contributed by atoms with E-state index in [1.165, 1.54) is 11.1 Å². The lowest BCUT2D eigenvalue weighted by atomic mass is 10.00. The van der Waals surface area contributed by atoms with Crippen molar-refractivity contribution in [2.45, 2.75) is 51.6 Å². The van der Waals surface area contributed by atoms with Gasteiger partial charge in [-0.3, -0.25) is 14.5 Å². The highest BCUT2D eigenvalue weighted by Gasteiger charge is 2.38. The molecule has 3 aliphatic rings. The highest BCUT2D eigenvalue weighted by molar-refractivity contribution is 5.98. The molecular formula is C26H31N3O2. The molecule has 0 bridgehead atoms. The summed E-state index contributed by atoms with van der Waals surface area (Å²) in [4.78, 5) is 31.6. The van der Waals surface area contributed by atoms with Crippen molar-refractivity contribution in [1.82, 2.24) is 4.90 Å². The molecule has 1 saturated carbocycles. The molecule has 1 aliphatic carbocycles. The van der Waals surface area contributed by atoms with Gasteiger partial charge in [0, 0.05) is 56.4 Å². The summed E-state index contributed by atoms with van der Waals surface area (Å²) in [7, 11) is 0. The van der Waals surface area contributed by atoms with Gasteiger partial charge < -0.3 is 9.80 Å². The van der Waals surface area contributed by atoms with Crippen molar-refractivity contribution in [2.75, 3.05) is 29.4 Å². The molecule has 2 heterocycles. The molecular weight excluding hydrogens is 386 g/mol. The largest absolute Gasteiger partial charge is 0.312 e. The summed E-state index contributed by atoms with van der Waals surface area (Å²) in [5.41, 5.74) is 4.55. The lowest BCUT2D eigenvalue weighted by Gasteiger charge is -2.39. The third kappa shape index (κ3) is 4.24. The number of hydrogen-bond acceptors (Lipinski definition) is 3. The van der Waals surface area contributed by atoms with Gasteiger partial charge >= 0.3 is 0 Å². The molecule has 0 N–H and O–H groups in total. The maximum absolute atomic E-state index is 13.3. The Hall–Kier alpha value is -2.66. The van der Waals surface area contributed by atoms with E-state index in [1.54, 1.807) is 6.92 Å². The molecule has 2 aromatic rings. The van der Waals surface area contributed by atoms with Gasteiger partial charge in [-0.2, -0.15) is 0 Å². The van der Waals surface area contributed by atoms with Crippen LogP contribution in [0.2, 0.25) is 0 Å². The van der Waals surface area contributed by atoms with E-state index in [1.807, 2.05) is 11.0 Å². The van der Waals surface area contributed by atoms with Crippen molar-refractivity contribution >= 4 is 23.2 Å². The number of nitrogens with zero attached hydrogens (tertiary/aromatic N) is 3. The molecule has 5 rings (SSSR count). The zero-order chi connectivity index (χ0) is 21.4. The molecule has 0 radical (unpaired) electrons. The van der Waals surface area contributed by atoms with Crippen LogP contribution in [0.25, 0.3) is 0 Å². The first-order valence-corrected chi connectivity index (χ1v) is 11.6. The number of carbonyl (C=O) groups excluding carboxylic acids is 2. The maximum Gasteiger partial charge on any atom is 0.230 e. The fourth-order valence-corrected chi connectivity index (χ4v) is 5.09. The highest BCUT2D eigenvalue weighted by Crippen LogP contribution is 2.38. The topological polar surface area (TPSA) is 43.9 Å². The number of fused-ring (bicyclic) bond motifs is 1. The number of anilines is 2. The SMILES string of the molecule is CC(=O)N1CCc2cc(N(C(=O)C3CC3)C3CCN(Cc4ccccc4)CC3)ccc21. The third-order valence-electron chi connectivity index (χ3n) is 6.95. The van der Waals surface area contributed by atoms with Gasteiger partial charge in [0.2, 0.25) is 11.8 Å². The van der Waals surface area contributed by atoms with Crippen molar-refractivity contribution in [3.8, 4) is 0 Å². The van der Waals surface area contributed by atoms with Crippen LogP contribution in [0.3, 0.4) is 0 Å². The van der Waals surface area contributed by atoms with Crippen LogP contribution in [-0.2, 0) is 22.6 Å². The lowest BCUT2D eigenvalue weighted by Crippen LogP contribution is -2.48. The third-order valence-corrected chi connectivity index (χ3v) is 6.95. The van der Waals surface area contributed by atoms with Crippen LogP contribution < -0.4 is 9.80 Å². The van der Waals surface area contributed by atoms with Crippen LogP contribution in [0.5, 0.6) is 0 Å². The van der Waals surface area contributed by atoms with Crippen molar-refractivity contribution in [3.05, 3.63) is 59.7 Å². The lowest BCUT2D eigenvalue weighted by molar-refractivity contribution is -0.120. The van der Waals surface area contributed by atoms with Crippen molar-refractivity contribution in [2.24, 2.45) is 5.92 Å². The standard InChI is InChI=1S/C26H31N3O2/c1-19(30)28-16-11-22-17-24(9-10-25(22)28)29(26(31)21-7-8-21)23-12-14-27(15-13-23)18-20-5-3-2-4-6-20/h2-6,9-10,17,21,23H,7-8,11-16,18H2,1H3. The van der Waals surface area contributed by atoms with Gasteiger partial charge in [-0.1, -0.05) is 30.3 Å². The van der Waals surface area contributed by atoms with Crippen LogP contribution in [0.1, 0.15) is 43.7 Å². The Kier molecular flexibility index (Phi) is 5.53. The summed E-state index contributed by atoms with van der Waals surface area (Å²) in [6, 6.07) is 17.1. The number of rotatable bonds is 5. The Morgan fingerprint density at radius 1 is 0.968 bits per heavy atom. The second-order valence-corrected chi connectivity index (χ2v) is 9.21. The molecule has 2 aliphatic heterocycles. The molecule has 2 aromatic carbocycles. The van der Waals surface area contributed by atoms with Gasteiger partial charge in [0.1, 0.15) is 0 Å². The molecule has 0 spiro atoms. The average molecular weight is 418 g/mol. The fourth-order valence-electron chi connectivity index (χ4n) is 5.09. The van der Waals surface area contributed by atoms with Crippen LogP contribution in [0.15, 0.2) is 48.5 Å². The van der Waals surface area contributed by atoms with E-state index in [9.17, 15) is 9.59 Å². The smallest absolute Gasteiger partial charge is 0.230 e. The highest BCUT2D eigenvalue weighted by atomic mass is 16.2. The van der Waals surface area contributed by atoms with E-state index < -0.39 is 0 Å². The molecule has 5 nitrogen and oxygen atoms in total. The van der Waals surface area contributed by atoms with Gasteiger partial charge in [-0.05, 0) is 61.4 Å². The van der Waals surface area contributed by atoms with Crippen molar-refractivity contribution in [1.29, 1.82) is 0 Å². The normalized spacial score (nSPS) is 19.3. The molecule has 2 amide bonds. The summed E-state index contributed by atoms with van der Waals surface area (Å²) in [6.45, 7) is 5.36. The van der Waals surface area contributed by atoms with E-state index in [-0.39, 0.29) is 17.9 Å². The molecule has 0 atom stereocenters. The Balaban J connectivity index is 1.32. The predicted octanol–water partition coefficient (Wildman–Crippen LogP) is 4.00. The minimum Gasteiger partial charge on any atom is -0.312 e. The molecule has 162 valence electrons. The van der Waals surface area contributed by atoms with E-state index in [4.69, 9.17) is 0 Å². The van der Waals surface area contributed by atoms with E-state index in [2.05, 4.69) is 52.3 Å². The van der Waals surface area contributed by atoms with E-state index in [0.717, 1.165) is 69.7 Å². The minimum atomic E-state index is 0.0863. The molecule has 2 fully saturated rings. The Morgan fingerprint density at radius 3 is 2.39 bits per heavy atom. The predicted molar refractivity (Wildman–Crippen MR) is 123 cm³/mol. The summed E-state index contributed by atoms with van der Waals surface area (Å²) in [5.74, 6) is 0.579. The quantitative estimate of drug-likeness (QED) is 0.739. The zero-order valence-electron chi connectivity index (χ0n) is 18.3. The first-order valence-electron chi connectivity index (χ1n) is 11.6. The molecule has 0 unspecified atom stereocenters. The van der Waals surface area contributed by atoms with Gasteiger partial charge in [-0.15, -0.1) is 0 Å². The van der Waals surface area contributed by atoms with Crippen molar-refractivity contribution < 1.29 is 9.59 Å². The van der Waals surface area contributed by atoms with Gasteiger partial charge in [0.15, 0.2) is 0 Å². The molecule has 0 aromatic heterocycles. The van der Waals surface area contributed by atoms with Crippen molar-refractivity contribution in [3.63, 3.8) is 0 Å². The Bertz CT molecular complexity index is 962. The first-order chi connectivity index (χ1) is 15.1. The summed E-state index contributed by atoms with van der Waals surface area (Å²) in [5, 5.41) is 0. The number of piperidine rings is 1. The van der Waals surface area contributed by atoms with Gasteiger partial charge in [0.25, 0.3) is 0 Å². The molecule has 31 heavy (non-hydrogen) atoms. The number of carbonyl (C=O) groups is 2.